The molecule has 0 saturated carbocycles. The number of imidazole rings is 1. The molecule has 4 N–H and O–H groups in total. The first kappa shape index (κ1) is 18.5. The number of aromatic nitrogens is 4. The number of hydrogen-bond donors (Lipinski definition) is 4. The van der Waals surface area contributed by atoms with Crippen LogP contribution in [-0.2, 0) is 9.53 Å². The Bertz CT molecular complexity index is 860. The number of H-pyrrole nitrogens is 1. The summed E-state index contributed by atoms with van der Waals surface area (Å²) in [5, 5.41) is 22.6. The molecule has 0 spiro atoms. The fraction of sp³-hybridized carbons (Fsp3) is 0.625. The van der Waals surface area contributed by atoms with Crippen LogP contribution in [0.5, 0.6) is 0 Å². The molecule has 1 aliphatic heterocycles. The van der Waals surface area contributed by atoms with Crippen LogP contribution < -0.4 is 10.9 Å². The third kappa shape index (κ3) is 3.11. The summed E-state index contributed by atoms with van der Waals surface area (Å²) in [7, 11) is 0. The van der Waals surface area contributed by atoms with Crippen molar-refractivity contribution in [3.8, 4) is 0 Å². The lowest BCUT2D eigenvalue weighted by atomic mass is 9.97. The fourth-order valence-corrected chi connectivity index (χ4v) is 3.08. The Morgan fingerprint density at radius 1 is 1.50 bits per heavy atom. The van der Waals surface area contributed by atoms with Crippen LogP contribution in [0.2, 0.25) is 0 Å². The van der Waals surface area contributed by atoms with Crippen LogP contribution in [0.25, 0.3) is 11.2 Å². The van der Waals surface area contributed by atoms with E-state index in [1.165, 1.54) is 10.9 Å². The van der Waals surface area contributed by atoms with Crippen molar-refractivity contribution in [3.63, 3.8) is 0 Å². The minimum atomic E-state index is -0.975. The van der Waals surface area contributed by atoms with Crippen molar-refractivity contribution in [2.24, 2.45) is 11.8 Å². The first-order valence-electron chi connectivity index (χ1n) is 8.59. The summed E-state index contributed by atoms with van der Waals surface area (Å²) in [6.07, 6.45) is -0.141. The number of aromatic amines is 1. The van der Waals surface area contributed by atoms with Gasteiger partial charge in [0.15, 0.2) is 17.4 Å². The van der Waals surface area contributed by atoms with Crippen LogP contribution in [0.15, 0.2) is 11.1 Å². The summed E-state index contributed by atoms with van der Waals surface area (Å²) >= 11 is 0. The van der Waals surface area contributed by atoms with E-state index in [0.717, 1.165) is 0 Å². The minimum Gasteiger partial charge on any atom is -0.396 e. The highest BCUT2D eigenvalue weighted by Crippen LogP contribution is 2.36. The van der Waals surface area contributed by atoms with Gasteiger partial charge >= 0.3 is 0 Å². The summed E-state index contributed by atoms with van der Waals surface area (Å²) in [6.45, 7) is 5.13. The van der Waals surface area contributed by atoms with E-state index in [0.29, 0.717) is 6.42 Å². The van der Waals surface area contributed by atoms with E-state index in [4.69, 9.17) is 4.74 Å². The van der Waals surface area contributed by atoms with E-state index in [1.54, 1.807) is 13.8 Å². The molecule has 0 aromatic carbocycles. The van der Waals surface area contributed by atoms with E-state index in [2.05, 4.69) is 20.3 Å². The zero-order valence-electron chi connectivity index (χ0n) is 14.8. The van der Waals surface area contributed by atoms with Gasteiger partial charge in [0.25, 0.3) is 5.56 Å². The Morgan fingerprint density at radius 3 is 2.81 bits per heavy atom. The topological polar surface area (TPSA) is 142 Å². The van der Waals surface area contributed by atoms with E-state index >= 15 is 0 Å². The molecular formula is C16H23N5O5. The van der Waals surface area contributed by atoms with E-state index in [-0.39, 0.29) is 41.6 Å². The summed E-state index contributed by atoms with van der Waals surface area (Å²) < 4.78 is 7.31. The number of nitrogens with one attached hydrogen (secondary N) is 2. The second-order valence-electron chi connectivity index (χ2n) is 6.69. The molecule has 0 aliphatic carbocycles. The van der Waals surface area contributed by atoms with Crippen molar-refractivity contribution in [1.29, 1.82) is 0 Å². The second kappa shape index (κ2) is 7.14. The predicted octanol–water partition coefficient (Wildman–Crippen LogP) is -0.00910. The summed E-state index contributed by atoms with van der Waals surface area (Å²) in [4.78, 5) is 34.9. The molecule has 0 bridgehead atoms. The van der Waals surface area contributed by atoms with Crippen LogP contribution in [0, 0.1) is 11.8 Å². The Morgan fingerprint density at radius 2 is 2.23 bits per heavy atom. The Hall–Kier alpha value is -2.30. The Balaban J connectivity index is 2.01. The smallest absolute Gasteiger partial charge is 0.280 e. The van der Waals surface area contributed by atoms with Gasteiger partial charge in [0.05, 0.1) is 19.0 Å². The molecule has 10 nitrogen and oxygen atoms in total. The Labute approximate surface area is 149 Å². The van der Waals surface area contributed by atoms with Crippen LogP contribution in [0.1, 0.15) is 33.4 Å². The quantitative estimate of drug-likeness (QED) is 0.584. The largest absolute Gasteiger partial charge is 0.396 e. The summed E-state index contributed by atoms with van der Waals surface area (Å²) in [5.41, 5.74) is -0.250. The number of carbonyl (C=O) groups excluding carboxylic acids is 1. The molecule has 3 heterocycles. The van der Waals surface area contributed by atoms with Crippen molar-refractivity contribution in [2.45, 2.75) is 45.6 Å². The molecule has 3 rings (SSSR count). The number of hydrogen-bond acceptors (Lipinski definition) is 7. The van der Waals surface area contributed by atoms with Crippen molar-refractivity contribution in [2.75, 3.05) is 11.9 Å². The van der Waals surface area contributed by atoms with Gasteiger partial charge in [0, 0.05) is 11.8 Å². The van der Waals surface area contributed by atoms with Gasteiger partial charge in [-0.2, -0.15) is 4.98 Å². The van der Waals surface area contributed by atoms with Crippen molar-refractivity contribution in [1.82, 2.24) is 19.5 Å². The average Bonchev–Trinajstić information content (AvgIpc) is 3.15. The highest BCUT2D eigenvalue weighted by Gasteiger charge is 2.43. The zero-order valence-corrected chi connectivity index (χ0v) is 14.8. The number of fused-ring (bicyclic) bond motifs is 1. The van der Waals surface area contributed by atoms with Crippen LogP contribution in [-0.4, -0.2) is 54.5 Å². The van der Waals surface area contributed by atoms with Crippen LogP contribution >= 0.6 is 0 Å². The van der Waals surface area contributed by atoms with E-state index in [1.807, 2.05) is 6.92 Å². The molecule has 1 amide bonds. The molecule has 2 aromatic heterocycles. The number of aliphatic hydroxyl groups is 2. The van der Waals surface area contributed by atoms with Crippen LogP contribution in [0.4, 0.5) is 5.95 Å². The number of amides is 1. The summed E-state index contributed by atoms with van der Waals surface area (Å²) in [6, 6.07) is 0. The number of carbonyl (C=O) groups is 1. The molecule has 26 heavy (non-hydrogen) atoms. The SMILES string of the molecule is CC[C@H]1O[C@@H](n2cnc3c(=O)[nH]c(NC(=O)C(C)C)nc32)[C@H](O)[C@@H]1CO. The van der Waals surface area contributed by atoms with Gasteiger partial charge in [-0.1, -0.05) is 20.8 Å². The average molecular weight is 365 g/mol. The maximum absolute atomic E-state index is 12.2. The maximum atomic E-state index is 12.2. The number of nitrogens with zero attached hydrogens (tertiary/aromatic N) is 3. The fourth-order valence-electron chi connectivity index (χ4n) is 3.08. The standard InChI is InChI=1S/C16H23N5O5/c1-4-9-8(5-22)11(23)15(26-9)21-6-17-10-12(21)18-16(20-14(10)25)19-13(24)7(2)3/h6-9,11,15,22-23H,4-5H2,1-3H3,(H2,18,19,20,24,25)/t8-,9-,11-,15-/m1/s1. The monoisotopic (exact) mass is 365 g/mol. The number of rotatable bonds is 5. The summed E-state index contributed by atoms with van der Waals surface area (Å²) in [5.74, 6) is -1.01. The number of anilines is 1. The Kier molecular flexibility index (Phi) is 5.08. The maximum Gasteiger partial charge on any atom is 0.280 e. The minimum absolute atomic E-state index is 0.00110. The molecule has 2 aromatic rings. The normalized spacial score (nSPS) is 25.9. The van der Waals surface area contributed by atoms with Gasteiger partial charge in [-0.25, -0.2) is 4.98 Å². The van der Waals surface area contributed by atoms with Crippen molar-refractivity contribution in [3.05, 3.63) is 16.7 Å². The van der Waals surface area contributed by atoms with Gasteiger partial charge in [-0.3, -0.25) is 24.5 Å². The first-order chi connectivity index (χ1) is 12.4. The first-order valence-corrected chi connectivity index (χ1v) is 8.59. The highest BCUT2D eigenvalue weighted by molar-refractivity contribution is 5.91. The molecule has 142 valence electrons. The van der Waals surface area contributed by atoms with Gasteiger partial charge in [0.1, 0.15) is 6.10 Å². The molecule has 0 unspecified atom stereocenters. The third-order valence-corrected chi connectivity index (χ3v) is 4.61. The molecule has 1 aliphatic rings. The van der Waals surface area contributed by atoms with Gasteiger partial charge in [0.2, 0.25) is 11.9 Å². The second-order valence-corrected chi connectivity index (χ2v) is 6.69. The van der Waals surface area contributed by atoms with Gasteiger partial charge < -0.3 is 14.9 Å². The van der Waals surface area contributed by atoms with Crippen molar-refractivity contribution < 1.29 is 19.7 Å². The zero-order chi connectivity index (χ0) is 19.0. The van der Waals surface area contributed by atoms with Crippen molar-refractivity contribution >= 4 is 23.0 Å². The highest BCUT2D eigenvalue weighted by atomic mass is 16.5. The van der Waals surface area contributed by atoms with Crippen LogP contribution in [0.3, 0.4) is 0 Å². The van der Waals surface area contributed by atoms with Gasteiger partial charge in [-0.15, -0.1) is 0 Å². The predicted molar refractivity (Wildman–Crippen MR) is 92.4 cm³/mol. The molecule has 1 saturated heterocycles. The lowest BCUT2D eigenvalue weighted by Gasteiger charge is -2.17. The molecule has 0 radical (unpaired) electrons. The van der Waals surface area contributed by atoms with E-state index in [9.17, 15) is 19.8 Å². The lowest BCUT2D eigenvalue weighted by Crippen LogP contribution is -2.29. The number of aliphatic hydroxyl groups excluding tert-OH is 2. The molecule has 1 fully saturated rings. The molecule has 10 heteroatoms. The molecule has 4 atom stereocenters. The lowest BCUT2D eigenvalue weighted by molar-refractivity contribution is -0.118. The number of ether oxygens (including phenoxy) is 1. The van der Waals surface area contributed by atoms with E-state index < -0.39 is 23.8 Å². The third-order valence-electron chi connectivity index (χ3n) is 4.61. The van der Waals surface area contributed by atoms with Gasteiger partial charge in [-0.05, 0) is 6.42 Å². The molecular weight excluding hydrogens is 342 g/mol.